The van der Waals surface area contributed by atoms with E-state index in [9.17, 15) is 4.39 Å². The normalized spacial score (nSPS) is 13.7. The number of nitrogens with one attached hydrogen (secondary N) is 1. The van der Waals surface area contributed by atoms with Crippen LogP contribution in [0.1, 0.15) is 38.3 Å². The molecule has 0 aliphatic rings. The van der Waals surface area contributed by atoms with Crippen LogP contribution in [0.25, 0.3) is 0 Å². The minimum Gasteiger partial charge on any atom is -0.497 e. The quantitative estimate of drug-likeness (QED) is 0.781. The first kappa shape index (κ1) is 14.5. The zero-order valence-electron chi connectivity index (χ0n) is 11.2. The Balaban J connectivity index is 2.78. The fourth-order valence-electron chi connectivity index (χ4n) is 1.88. The highest BCUT2D eigenvalue weighted by atomic mass is 19.1. The number of halogens is 1. The van der Waals surface area contributed by atoms with Gasteiger partial charge in [0, 0.05) is 17.7 Å². The molecule has 2 unspecified atom stereocenters. The molecule has 18 heavy (non-hydrogen) atoms. The zero-order chi connectivity index (χ0) is 13.5. The van der Waals surface area contributed by atoms with Crippen molar-refractivity contribution in [1.82, 2.24) is 5.32 Å². The van der Waals surface area contributed by atoms with Gasteiger partial charge in [0.2, 0.25) is 0 Å². The second-order valence-corrected chi connectivity index (χ2v) is 4.28. The summed E-state index contributed by atoms with van der Waals surface area (Å²) in [7, 11) is 1.52. The molecule has 0 bridgehead atoms. The Labute approximate surface area is 109 Å². The lowest BCUT2D eigenvalue weighted by atomic mass is 10.1. The first-order chi connectivity index (χ1) is 8.62. The van der Waals surface area contributed by atoms with Crippen molar-refractivity contribution >= 4 is 0 Å². The van der Waals surface area contributed by atoms with E-state index >= 15 is 0 Å². The maximum Gasteiger partial charge on any atom is 0.131 e. The van der Waals surface area contributed by atoms with Gasteiger partial charge in [-0.3, -0.25) is 5.32 Å². The third kappa shape index (κ3) is 3.75. The Morgan fingerprint density at radius 2 is 2.22 bits per heavy atom. The average Bonchev–Trinajstić information content (AvgIpc) is 2.37. The number of methoxy groups -OCH3 is 1. The molecule has 1 aromatic carbocycles. The van der Waals surface area contributed by atoms with Crippen molar-refractivity contribution in [2.75, 3.05) is 7.11 Å². The van der Waals surface area contributed by atoms with Gasteiger partial charge < -0.3 is 4.74 Å². The van der Waals surface area contributed by atoms with Crippen LogP contribution in [0.3, 0.4) is 0 Å². The van der Waals surface area contributed by atoms with Crippen molar-refractivity contribution in [3.8, 4) is 18.1 Å². The highest BCUT2D eigenvalue weighted by Crippen LogP contribution is 2.22. The average molecular weight is 249 g/mol. The van der Waals surface area contributed by atoms with Gasteiger partial charge in [-0.15, -0.1) is 6.42 Å². The molecule has 0 fully saturated rings. The van der Waals surface area contributed by atoms with E-state index in [0.29, 0.717) is 11.3 Å². The van der Waals surface area contributed by atoms with E-state index in [1.165, 1.54) is 13.2 Å². The molecule has 1 N–H and O–H groups in total. The molecule has 1 rings (SSSR count). The van der Waals surface area contributed by atoms with Crippen molar-refractivity contribution in [1.29, 1.82) is 0 Å². The topological polar surface area (TPSA) is 21.3 Å². The van der Waals surface area contributed by atoms with Crippen LogP contribution in [0.15, 0.2) is 18.2 Å². The molecular weight excluding hydrogens is 229 g/mol. The summed E-state index contributed by atoms with van der Waals surface area (Å²) in [4.78, 5) is 0. The number of benzene rings is 1. The summed E-state index contributed by atoms with van der Waals surface area (Å²) in [6.45, 7) is 3.98. The zero-order valence-corrected chi connectivity index (χ0v) is 11.2. The highest BCUT2D eigenvalue weighted by Gasteiger charge is 2.14. The molecule has 0 saturated heterocycles. The number of terminal acetylenes is 1. The van der Waals surface area contributed by atoms with Gasteiger partial charge in [0.05, 0.1) is 13.2 Å². The van der Waals surface area contributed by atoms with Gasteiger partial charge in [-0.25, -0.2) is 4.39 Å². The molecule has 0 aromatic heterocycles. The van der Waals surface area contributed by atoms with Gasteiger partial charge in [0.1, 0.15) is 11.6 Å². The highest BCUT2D eigenvalue weighted by molar-refractivity contribution is 5.30. The molecule has 0 amide bonds. The molecule has 0 aliphatic carbocycles. The number of hydrogen-bond acceptors (Lipinski definition) is 2. The predicted molar refractivity (Wildman–Crippen MR) is 72.0 cm³/mol. The van der Waals surface area contributed by atoms with Crippen LogP contribution in [-0.4, -0.2) is 13.2 Å². The van der Waals surface area contributed by atoms with E-state index in [1.807, 2.05) is 6.92 Å². The minimum atomic E-state index is -0.276. The summed E-state index contributed by atoms with van der Waals surface area (Å²) in [5.41, 5.74) is 0.604. The largest absolute Gasteiger partial charge is 0.497 e. The monoisotopic (exact) mass is 249 g/mol. The summed E-state index contributed by atoms with van der Waals surface area (Å²) in [6, 6.07) is 4.72. The molecule has 0 heterocycles. The van der Waals surface area contributed by atoms with Crippen LogP contribution in [-0.2, 0) is 0 Å². The minimum absolute atomic E-state index is 0.0218. The second kappa shape index (κ2) is 7.03. The fraction of sp³-hybridized carbons (Fsp3) is 0.467. The summed E-state index contributed by atoms with van der Waals surface area (Å²) < 4.78 is 18.8. The molecule has 3 heteroatoms. The van der Waals surface area contributed by atoms with E-state index < -0.39 is 0 Å². The number of rotatable bonds is 6. The van der Waals surface area contributed by atoms with Crippen LogP contribution in [0.2, 0.25) is 0 Å². The van der Waals surface area contributed by atoms with Crippen molar-refractivity contribution in [3.63, 3.8) is 0 Å². The molecule has 1 aromatic rings. The van der Waals surface area contributed by atoms with E-state index in [4.69, 9.17) is 11.2 Å². The van der Waals surface area contributed by atoms with Gasteiger partial charge in [-0.05, 0) is 19.4 Å². The van der Waals surface area contributed by atoms with Crippen LogP contribution < -0.4 is 10.1 Å². The van der Waals surface area contributed by atoms with Gasteiger partial charge >= 0.3 is 0 Å². The molecule has 0 spiro atoms. The van der Waals surface area contributed by atoms with E-state index in [-0.39, 0.29) is 17.9 Å². The van der Waals surface area contributed by atoms with Crippen molar-refractivity contribution in [3.05, 3.63) is 29.6 Å². The van der Waals surface area contributed by atoms with E-state index in [1.54, 1.807) is 12.1 Å². The molecular formula is C15H20FNO. The third-order valence-electron chi connectivity index (χ3n) is 2.90. The van der Waals surface area contributed by atoms with Crippen molar-refractivity contribution in [2.24, 2.45) is 0 Å². The van der Waals surface area contributed by atoms with E-state index in [2.05, 4.69) is 18.2 Å². The first-order valence-corrected chi connectivity index (χ1v) is 6.18. The Morgan fingerprint density at radius 3 is 2.72 bits per heavy atom. The predicted octanol–water partition coefficient (Wildman–Crippen LogP) is 3.29. The first-order valence-electron chi connectivity index (χ1n) is 6.18. The Bertz CT molecular complexity index is 425. The standard InChI is InChI=1S/C15H20FNO/c1-5-7-12(6-2)17-11(3)14-9-8-13(18-4)10-15(14)16/h2,8-12,17H,5,7H2,1,3-4H3. The lowest BCUT2D eigenvalue weighted by Gasteiger charge is -2.20. The van der Waals surface area contributed by atoms with Gasteiger partial charge in [0.15, 0.2) is 0 Å². The van der Waals surface area contributed by atoms with Gasteiger partial charge in [-0.2, -0.15) is 0 Å². The third-order valence-corrected chi connectivity index (χ3v) is 2.90. The molecule has 0 aliphatic heterocycles. The van der Waals surface area contributed by atoms with Crippen LogP contribution in [0.4, 0.5) is 4.39 Å². The van der Waals surface area contributed by atoms with Crippen LogP contribution in [0.5, 0.6) is 5.75 Å². The summed E-state index contributed by atoms with van der Waals surface area (Å²) in [6.07, 6.45) is 7.33. The Morgan fingerprint density at radius 1 is 1.50 bits per heavy atom. The summed E-state index contributed by atoms with van der Waals surface area (Å²) in [5, 5.41) is 3.25. The van der Waals surface area contributed by atoms with Crippen molar-refractivity contribution < 1.29 is 9.13 Å². The molecule has 2 nitrogen and oxygen atoms in total. The van der Waals surface area contributed by atoms with Crippen molar-refractivity contribution in [2.45, 2.75) is 38.8 Å². The maximum atomic E-state index is 13.9. The number of hydrogen-bond donors (Lipinski definition) is 1. The molecule has 0 radical (unpaired) electrons. The van der Waals surface area contributed by atoms with E-state index in [0.717, 1.165) is 12.8 Å². The maximum absolute atomic E-state index is 13.9. The van der Waals surface area contributed by atoms with Gasteiger partial charge in [0.25, 0.3) is 0 Å². The molecule has 0 saturated carbocycles. The lowest BCUT2D eigenvalue weighted by molar-refractivity contribution is 0.408. The summed E-state index contributed by atoms with van der Waals surface area (Å²) >= 11 is 0. The molecule has 2 atom stereocenters. The van der Waals surface area contributed by atoms with Crippen LogP contribution in [0, 0.1) is 18.2 Å². The fourth-order valence-corrected chi connectivity index (χ4v) is 1.88. The Hall–Kier alpha value is -1.53. The smallest absolute Gasteiger partial charge is 0.131 e. The van der Waals surface area contributed by atoms with Gasteiger partial charge in [-0.1, -0.05) is 25.3 Å². The van der Waals surface area contributed by atoms with Crippen LogP contribution >= 0.6 is 0 Å². The number of ether oxygens (including phenoxy) is 1. The molecule has 98 valence electrons. The second-order valence-electron chi connectivity index (χ2n) is 4.28. The lowest BCUT2D eigenvalue weighted by Crippen LogP contribution is -2.30. The Kier molecular flexibility index (Phi) is 5.67. The SMILES string of the molecule is C#CC(CCC)NC(C)c1ccc(OC)cc1F. The summed E-state index contributed by atoms with van der Waals surface area (Å²) in [5.74, 6) is 2.93.